The van der Waals surface area contributed by atoms with Gasteiger partial charge >= 0.3 is 0 Å². The van der Waals surface area contributed by atoms with Crippen LogP contribution in [-0.2, 0) is 4.79 Å². The number of hydrogen-bond donors (Lipinski definition) is 1. The molecule has 3 heteroatoms. The van der Waals surface area contributed by atoms with Crippen LogP contribution in [-0.4, -0.2) is 10.9 Å². The van der Waals surface area contributed by atoms with Crippen molar-refractivity contribution in [3.63, 3.8) is 0 Å². The fraction of sp³-hybridized carbons (Fsp3) is 0.364. The summed E-state index contributed by atoms with van der Waals surface area (Å²) in [6.07, 6.45) is 3.41. The number of hydrogen-bond acceptors (Lipinski definition) is 2. The van der Waals surface area contributed by atoms with Crippen molar-refractivity contribution < 1.29 is 22.3 Å². The lowest BCUT2D eigenvalue weighted by atomic mass is 9.84. The molecule has 0 aliphatic heterocycles. The van der Waals surface area contributed by atoms with E-state index >= 15 is 0 Å². The third-order valence-electron chi connectivity index (χ3n) is 2.41. The Hall–Kier alpha value is -1.02. The second-order valence-electron chi connectivity index (χ2n) is 4.50. The van der Waals surface area contributed by atoms with E-state index in [0.717, 1.165) is 5.57 Å². The molecule has 2 aliphatic rings. The second-order valence-corrected chi connectivity index (χ2v) is 4.50. The van der Waals surface area contributed by atoms with E-state index in [2.05, 4.69) is 0 Å². The van der Waals surface area contributed by atoms with E-state index in [-0.39, 0.29) is 29.4 Å². The molecule has 0 radical (unpaired) electrons. The summed E-state index contributed by atoms with van der Waals surface area (Å²) in [7, 11) is 0. The van der Waals surface area contributed by atoms with Gasteiger partial charge in [0.1, 0.15) is 5.76 Å². The van der Waals surface area contributed by atoms with Crippen molar-refractivity contribution in [2.24, 2.45) is 5.41 Å². The second kappa shape index (κ2) is 2.99. The summed E-state index contributed by atoms with van der Waals surface area (Å²) in [5.41, 5.74) is 2.00. The fourth-order valence-electron chi connectivity index (χ4n) is 1.73. The van der Waals surface area contributed by atoms with Crippen LogP contribution in [0.5, 0.6) is 0 Å². The first kappa shape index (κ1) is 11.1. The molecule has 0 fully saturated rings. The van der Waals surface area contributed by atoms with Crippen molar-refractivity contribution in [1.29, 1.82) is 0 Å². The van der Waals surface area contributed by atoms with Gasteiger partial charge in [-0.2, -0.15) is 0 Å². The van der Waals surface area contributed by atoms with Crippen LogP contribution in [0.4, 0.5) is 0 Å². The number of carbonyl (C=O) groups is 1. The van der Waals surface area contributed by atoms with Crippen LogP contribution in [0.1, 0.15) is 20.8 Å². The Kier molecular flexibility index (Phi) is 2.36. The van der Waals surface area contributed by atoms with Crippen LogP contribution in [0.2, 0.25) is 0 Å². The van der Waals surface area contributed by atoms with Gasteiger partial charge in [-0.1, -0.05) is 20.8 Å². The van der Waals surface area contributed by atoms with E-state index in [9.17, 15) is 9.90 Å². The Morgan fingerprint density at radius 2 is 1.79 bits per heavy atom. The van der Waals surface area contributed by atoms with Crippen LogP contribution in [0.25, 0.3) is 0 Å². The Labute approximate surface area is 89.4 Å². The Bertz CT molecular complexity index is 392. The lowest BCUT2D eigenvalue weighted by Gasteiger charge is -2.21. The lowest BCUT2D eigenvalue weighted by Crippen LogP contribution is -3.00. The van der Waals surface area contributed by atoms with Gasteiger partial charge in [-0.25, -0.2) is 0 Å². The molecule has 0 saturated heterocycles. The summed E-state index contributed by atoms with van der Waals surface area (Å²) in [5, 5.41) is 9.47. The molecule has 0 aromatic heterocycles. The molecule has 2 rings (SSSR count). The molecule has 0 saturated carbocycles. The molecule has 2 nitrogen and oxygen atoms in total. The molecule has 76 valence electrons. The van der Waals surface area contributed by atoms with Gasteiger partial charge in [0, 0.05) is 5.57 Å². The van der Waals surface area contributed by atoms with Gasteiger partial charge in [0.25, 0.3) is 0 Å². The number of ketones is 1. The zero-order chi connectivity index (χ0) is 9.80. The van der Waals surface area contributed by atoms with Gasteiger partial charge in [-0.05, 0) is 23.1 Å². The predicted octanol–water partition coefficient (Wildman–Crippen LogP) is -0.702. The third kappa shape index (κ3) is 1.30. The smallest absolute Gasteiger partial charge is 0.197 e. The van der Waals surface area contributed by atoms with E-state index in [1.807, 2.05) is 26.8 Å². The van der Waals surface area contributed by atoms with E-state index in [0.29, 0.717) is 11.1 Å². The number of Topliss-reactive ketones (excluding diaryl/α,β-unsaturated/α-hetero) is 1. The van der Waals surface area contributed by atoms with Crippen LogP contribution >= 0.6 is 0 Å². The van der Waals surface area contributed by atoms with Crippen molar-refractivity contribution in [2.75, 3.05) is 0 Å². The Morgan fingerprint density at radius 3 is 2.07 bits per heavy atom. The average Bonchev–Trinajstić information content (AvgIpc) is 2.40. The Balaban J connectivity index is 0.000000980. The number of allylic oxidation sites excluding steroid dienone is 5. The number of carbonyl (C=O) groups excluding carboxylic acids is 1. The van der Waals surface area contributed by atoms with E-state index in [1.165, 1.54) is 6.08 Å². The number of aliphatic hydroxyl groups is 1. The summed E-state index contributed by atoms with van der Waals surface area (Å²) in [4.78, 5) is 11.5. The first-order chi connectivity index (χ1) is 5.91. The van der Waals surface area contributed by atoms with Gasteiger partial charge in [-0.15, -0.1) is 0 Å². The van der Waals surface area contributed by atoms with Crippen molar-refractivity contribution >= 4 is 5.78 Å². The van der Waals surface area contributed by atoms with E-state index < -0.39 is 0 Å². The molecule has 1 N–H and O–H groups in total. The highest BCUT2D eigenvalue weighted by atomic mass is 35.5. The maximum Gasteiger partial charge on any atom is 0.197 e. The molecule has 2 bridgehead atoms. The van der Waals surface area contributed by atoms with E-state index in [1.54, 1.807) is 0 Å². The monoisotopic (exact) mass is 211 g/mol. The largest absolute Gasteiger partial charge is 1.00 e. The molecular formula is C11H12ClO2-. The van der Waals surface area contributed by atoms with Crippen LogP contribution < -0.4 is 12.4 Å². The molecule has 0 heterocycles. The fourth-order valence-corrected chi connectivity index (χ4v) is 1.73. The topological polar surface area (TPSA) is 37.3 Å². The zero-order valence-electron chi connectivity index (χ0n) is 8.39. The van der Waals surface area contributed by atoms with Gasteiger partial charge in [0.15, 0.2) is 5.78 Å². The summed E-state index contributed by atoms with van der Waals surface area (Å²) >= 11 is 0. The van der Waals surface area contributed by atoms with Crippen LogP contribution in [0.15, 0.2) is 34.6 Å². The molecule has 14 heavy (non-hydrogen) atoms. The number of rotatable bonds is 0. The standard InChI is InChI=1S/C11H12O2.ClH/c1-11(2,3)7-4-6-5-8(12)9(7)10(6)13;/h4-5,12H,1-3H3;1H/p-1. The van der Waals surface area contributed by atoms with Crippen LogP contribution in [0.3, 0.4) is 0 Å². The number of fused-ring (bicyclic) bond motifs is 2. The predicted molar refractivity (Wildman–Crippen MR) is 50.3 cm³/mol. The number of halogens is 1. The van der Waals surface area contributed by atoms with Gasteiger partial charge < -0.3 is 17.5 Å². The van der Waals surface area contributed by atoms with Crippen molar-refractivity contribution in [3.8, 4) is 0 Å². The Morgan fingerprint density at radius 1 is 1.21 bits per heavy atom. The molecule has 0 spiro atoms. The normalized spacial score (nSPS) is 19.5. The molecule has 0 aromatic rings. The summed E-state index contributed by atoms with van der Waals surface area (Å²) in [6.45, 7) is 6.11. The maximum atomic E-state index is 11.5. The minimum absolute atomic E-state index is 0. The first-order valence-corrected chi connectivity index (χ1v) is 4.33. The summed E-state index contributed by atoms with van der Waals surface area (Å²) in [5.74, 6) is 0.106. The highest BCUT2D eigenvalue weighted by molar-refractivity contribution is 6.20. The molecule has 0 atom stereocenters. The average molecular weight is 212 g/mol. The maximum absolute atomic E-state index is 11.5. The highest BCUT2D eigenvalue weighted by Gasteiger charge is 2.37. The highest BCUT2D eigenvalue weighted by Crippen LogP contribution is 2.42. The van der Waals surface area contributed by atoms with Crippen LogP contribution in [0, 0.1) is 5.41 Å². The van der Waals surface area contributed by atoms with Crippen molar-refractivity contribution in [1.82, 2.24) is 0 Å². The van der Waals surface area contributed by atoms with Crippen molar-refractivity contribution in [2.45, 2.75) is 20.8 Å². The quantitative estimate of drug-likeness (QED) is 0.575. The molecule has 2 aliphatic carbocycles. The van der Waals surface area contributed by atoms with Gasteiger partial charge in [0.05, 0.1) is 5.57 Å². The first-order valence-electron chi connectivity index (χ1n) is 4.33. The zero-order valence-corrected chi connectivity index (χ0v) is 9.14. The summed E-state index contributed by atoms with van der Waals surface area (Å²) < 4.78 is 0. The summed E-state index contributed by atoms with van der Waals surface area (Å²) in [6, 6.07) is 0. The minimum atomic E-state index is -0.0744. The van der Waals surface area contributed by atoms with E-state index in [4.69, 9.17) is 0 Å². The van der Waals surface area contributed by atoms with Crippen molar-refractivity contribution in [3.05, 3.63) is 34.6 Å². The van der Waals surface area contributed by atoms with Gasteiger partial charge in [0.2, 0.25) is 0 Å². The lowest BCUT2D eigenvalue weighted by molar-refractivity contribution is -0.111. The SMILES string of the molecule is CC(C)(C)C1=C2C(=O)C(=C1)C=C2O.[Cl-]. The third-order valence-corrected chi connectivity index (χ3v) is 2.41. The van der Waals surface area contributed by atoms with Gasteiger partial charge in [-0.3, -0.25) is 4.79 Å². The molecular weight excluding hydrogens is 200 g/mol. The molecule has 0 unspecified atom stereocenters. The molecule has 0 aromatic carbocycles. The number of aliphatic hydroxyl groups excluding tert-OH is 1. The molecule has 0 amide bonds. The minimum Gasteiger partial charge on any atom is -1.00 e.